The van der Waals surface area contributed by atoms with Crippen LogP contribution >= 0.6 is 11.8 Å². The number of methoxy groups -OCH3 is 2. The van der Waals surface area contributed by atoms with Crippen molar-refractivity contribution in [3.8, 4) is 22.8 Å². The highest BCUT2D eigenvalue weighted by atomic mass is 32.2. The maximum atomic E-state index is 13.4. The van der Waals surface area contributed by atoms with Crippen molar-refractivity contribution in [2.45, 2.75) is 18.3 Å². The van der Waals surface area contributed by atoms with Crippen LogP contribution in [0.5, 0.6) is 11.5 Å². The number of thioether (sulfide) groups is 1. The standard InChI is InChI=1S/C22H20F3N3O3S/c1-13-6-4-5-7-15(13)26-20(29)12-32-21-27-16(11-19(28-21)22(23,24)25)14-8-9-17(30-2)18(10-14)31-3/h4-11H,12H2,1-3H3,(H,26,29). The normalized spacial score (nSPS) is 11.2. The summed E-state index contributed by atoms with van der Waals surface area (Å²) in [5.74, 6) is 0.256. The smallest absolute Gasteiger partial charge is 0.433 e. The number of hydrogen-bond donors (Lipinski definition) is 1. The van der Waals surface area contributed by atoms with Gasteiger partial charge in [0, 0.05) is 11.3 Å². The number of ether oxygens (including phenoxy) is 2. The van der Waals surface area contributed by atoms with E-state index in [9.17, 15) is 18.0 Å². The zero-order chi connectivity index (χ0) is 23.3. The summed E-state index contributed by atoms with van der Waals surface area (Å²) in [6, 6.07) is 12.7. The Labute approximate surface area is 187 Å². The van der Waals surface area contributed by atoms with Crippen LogP contribution in [-0.2, 0) is 11.0 Å². The summed E-state index contributed by atoms with van der Waals surface area (Å²) in [5, 5.41) is 2.57. The molecule has 0 unspecified atom stereocenters. The van der Waals surface area contributed by atoms with Crippen LogP contribution in [0.15, 0.2) is 53.7 Å². The monoisotopic (exact) mass is 463 g/mol. The molecule has 3 rings (SSSR count). The summed E-state index contributed by atoms with van der Waals surface area (Å²) in [6.45, 7) is 1.84. The van der Waals surface area contributed by atoms with E-state index in [1.807, 2.05) is 19.1 Å². The minimum Gasteiger partial charge on any atom is -0.493 e. The van der Waals surface area contributed by atoms with E-state index in [-0.39, 0.29) is 22.5 Å². The molecule has 0 spiro atoms. The minimum absolute atomic E-state index is 0.0510. The fraction of sp³-hybridized carbons (Fsp3) is 0.227. The Morgan fingerprint density at radius 1 is 1.03 bits per heavy atom. The van der Waals surface area contributed by atoms with Gasteiger partial charge in [-0.3, -0.25) is 4.79 Å². The highest BCUT2D eigenvalue weighted by molar-refractivity contribution is 7.99. The summed E-state index contributed by atoms with van der Waals surface area (Å²) in [5.41, 5.74) is 0.849. The first-order valence-corrected chi connectivity index (χ1v) is 10.4. The van der Waals surface area contributed by atoms with E-state index in [1.165, 1.54) is 20.3 Å². The Hall–Kier alpha value is -3.27. The Bertz CT molecular complexity index is 1120. The minimum atomic E-state index is -4.67. The predicted octanol–water partition coefficient (Wildman–Crippen LogP) is 5.22. The van der Waals surface area contributed by atoms with E-state index in [4.69, 9.17) is 9.47 Å². The molecule has 168 valence electrons. The van der Waals surface area contributed by atoms with Crippen molar-refractivity contribution < 1.29 is 27.4 Å². The number of nitrogens with one attached hydrogen (secondary N) is 1. The molecule has 0 atom stereocenters. The number of benzene rings is 2. The first-order valence-electron chi connectivity index (χ1n) is 9.38. The quantitative estimate of drug-likeness (QED) is 0.383. The molecule has 3 aromatic rings. The molecular formula is C22H20F3N3O3S. The highest BCUT2D eigenvalue weighted by Crippen LogP contribution is 2.35. The molecule has 0 fully saturated rings. The van der Waals surface area contributed by atoms with Gasteiger partial charge in [0.25, 0.3) is 0 Å². The number of hydrogen-bond acceptors (Lipinski definition) is 6. The third kappa shape index (κ3) is 5.70. The van der Waals surface area contributed by atoms with Crippen LogP contribution < -0.4 is 14.8 Å². The van der Waals surface area contributed by atoms with E-state index < -0.39 is 11.9 Å². The van der Waals surface area contributed by atoms with Gasteiger partial charge in [0.05, 0.1) is 25.7 Å². The summed E-state index contributed by atoms with van der Waals surface area (Å²) < 4.78 is 50.7. The number of rotatable bonds is 7. The summed E-state index contributed by atoms with van der Waals surface area (Å²) in [4.78, 5) is 20.1. The average molecular weight is 463 g/mol. The Morgan fingerprint density at radius 2 is 1.75 bits per heavy atom. The molecule has 0 aliphatic rings. The van der Waals surface area contributed by atoms with Gasteiger partial charge < -0.3 is 14.8 Å². The fourth-order valence-corrected chi connectivity index (χ4v) is 3.47. The molecule has 6 nitrogen and oxygen atoms in total. The van der Waals surface area contributed by atoms with Crippen molar-refractivity contribution in [1.82, 2.24) is 9.97 Å². The Morgan fingerprint density at radius 3 is 2.41 bits per heavy atom. The molecule has 1 amide bonds. The number of para-hydroxylation sites is 1. The fourth-order valence-electron chi connectivity index (χ4n) is 2.81. The van der Waals surface area contributed by atoms with Crippen LogP contribution in [0.1, 0.15) is 11.3 Å². The van der Waals surface area contributed by atoms with Crippen LogP contribution in [0, 0.1) is 6.92 Å². The zero-order valence-electron chi connectivity index (χ0n) is 17.5. The number of aromatic nitrogens is 2. The SMILES string of the molecule is COc1ccc(-c2cc(C(F)(F)F)nc(SCC(=O)Nc3ccccc3C)n2)cc1OC. The lowest BCUT2D eigenvalue weighted by molar-refractivity contribution is -0.141. The summed E-state index contributed by atoms with van der Waals surface area (Å²) in [6.07, 6.45) is -4.67. The van der Waals surface area contributed by atoms with Gasteiger partial charge in [-0.1, -0.05) is 30.0 Å². The molecule has 0 radical (unpaired) electrons. The van der Waals surface area contributed by atoms with Crippen molar-refractivity contribution in [2.75, 3.05) is 25.3 Å². The molecule has 0 aliphatic heterocycles. The zero-order valence-corrected chi connectivity index (χ0v) is 18.3. The number of amides is 1. The van der Waals surface area contributed by atoms with Crippen LogP contribution in [0.25, 0.3) is 11.3 Å². The van der Waals surface area contributed by atoms with Gasteiger partial charge >= 0.3 is 6.18 Å². The van der Waals surface area contributed by atoms with Crippen molar-refractivity contribution in [1.29, 1.82) is 0 Å². The van der Waals surface area contributed by atoms with Gasteiger partial charge in [-0.15, -0.1) is 0 Å². The molecule has 0 saturated carbocycles. The maximum Gasteiger partial charge on any atom is 0.433 e. The molecule has 2 aromatic carbocycles. The average Bonchev–Trinajstić information content (AvgIpc) is 2.78. The maximum absolute atomic E-state index is 13.4. The largest absolute Gasteiger partial charge is 0.493 e. The molecule has 0 aliphatic carbocycles. The second-order valence-corrected chi connectivity index (χ2v) is 7.58. The molecular weight excluding hydrogens is 443 g/mol. The number of anilines is 1. The molecule has 1 N–H and O–H groups in total. The van der Waals surface area contributed by atoms with Crippen molar-refractivity contribution in [3.63, 3.8) is 0 Å². The number of alkyl halides is 3. The Kier molecular flexibility index (Phi) is 7.24. The number of aryl methyl sites for hydroxylation is 1. The lowest BCUT2D eigenvalue weighted by Gasteiger charge is -2.12. The molecule has 0 saturated heterocycles. The Balaban J connectivity index is 1.86. The topological polar surface area (TPSA) is 73.3 Å². The number of carbonyl (C=O) groups is 1. The molecule has 1 aromatic heterocycles. The third-order valence-corrected chi connectivity index (χ3v) is 5.27. The molecule has 32 heavy (non-hydrogen) atoms. The highest BCUT2D eigenvalue weighted by Gasteiger charge is 2.34. The van der Waals surface area contributed by atoms with Gasteiger partial charge in [0.15, 0.2) is 16.7 Å². The summed E-state index contributed by atoms with van der Waals surface area (Å²) in [7, 11) is 2.89. The lowest BCUT2D eigenvalue weighted by atomic mass is 10.1. The van der Waals surface area contributed by atoms with E-state index in [0.29, 0.717) is 22.7 Å². The van der Waals surface area contributed by atoms with E-state index >= 15 is 0 Å². The van der Waals surface area contributed by atoms with E-state index in [0.717, 1.165) is 23.4 Å². The van der Waals surface area contributed by atoms with Gasteiger partial charge in [-0.25, -0.2) is 9.97 Å². The lowest BCUT2D eigenvalue weighted by Crippen LogP contribution is -2.15. The van der Waals surface area contributed by atoms with Crippen molar-refractivity contribution >= 4 is 23.4 Å². The first kappa shape index (κ1) is 23.4. The predicted molar refractivity (Wildman–Crippen MR) is 116 cm³/mol. The van der Waals surface area contributed by atoms with Crippen molar-refractivity contribution in [2.24, 2.45) is 0 Å². The second kappa shape index (κ2) is 9.90. The van der Waals surface area contributed by atoms with Crippen LogP contribution in [0.4, 0.5) is 18.9 Å². The first-order chi connectivity index (χ1) is 15.2. The van der Waals surface area contributed by atoms with Gasteiger partial charge in [-0.05, 0) is 42.8 Å². The molecule has 0 bridgehead atoms. The number of nitrogens with zero attached hydrogens (tertiary/aromatic N) is 2. The summed E-state index contributed by atoms with van der Waals surface area (Å²) >= 11 is 0.820. The van der Waals surface area contributed by atoms with E-state index in [2.05, 4.69) is 15.3 Å². The van der Waals surface area contributed by atoms with E-state index in [1.54, 1.807) is 24.3 Å². The van der Waals surface area contributed by atoms with Gasteiger partial charge in [0.2, 0.25) is 5.91 Å². The van der Waals surface area contributed by atoms with Crippen LogP contribution in [0.2, 0.25) is 0 Å². The van der Waals surface area contributed by atoms with Gasteiger partial charge in [-0.2, -0.15) is 13.2 Å². The van der Waals surface area contributed by atoms with Gasteiger partial charge in [0.1, 0.15) is 5.69 Å². The van der Waals surface area contributed by atoms with Crippen molar-refractivity contribution in [3.05, 3.63) is 59.8 Å². The molecule has 10 heteroatoms. The second-order valence-electron chi connectivity index (χ2n) is 6.64. The van der Waals surface area contributed by atoms with Crippen LogP contribution in [0.3, 0.4) is 0 Å². The number of halogens is 3. The number of carbonyl (C=O) groups excluding carboxylic acids is 1. The third-order valence-electron chi connectivity index (χ3n) is 4.43. The van der Waals surface area contributed by atoms with Crippen LogP contribution in [-0.4, -0.2) is 35.8 Å². The molecule has 1 heterocycles.